The number of benzene rings is 2. The van der Waals surface area contributed by atoms with Crippen LogP contribution in [-0.4, -0.2) is 32.5 Å². The van der Waals surface area contributed by atoms with E-state index in [1.165, 1.54) is 17.7 Å². The molecule has 6 aromatic rings. The summed E-state index contributed by atoms with van der Waals surface area (Å²) < 4.78 is 69.2. The van der Waals surface area contributed by atoms with Crippen LogP contribution in [0.2, 0.25) is 20.1 Å². The van der Waals surface area contributed by atoms with Crippen molar-refractivity contribution in [1.82, 2.24) is 19.6 Å². The Balaban J connectivity index is 0.954. The summed E-state index contributed by atoms with van der Waals surface area (Å²) in [6.07, 6.45) is 11.5. The van der Waals surface area contributed by atoms with Crippen molar-refractivity contribution in [2.45, 2.75) is 81.3 Å². The van der Waals surface area contributed by atoms with Crippen molar-refractivity contribution in [3.63, 3.8) is 0 Å². The predicted octanol–water partition coefficient (Wildman–Crippen LogP) is 14.0. The summed E-state index contributed by atoms with van der Waals surface area (Å²) in [4.78, 5) is 1.67. The van der Waals surface area contributed by atoms with Crippen molar-refractivity contribution in [3.8, 4) is 32.5 Å². The molecule has 58 heavy (non-hydrogen) atoms. The van der Waals surface area contributed by atoms with Gasteiger partial charge in [0.1, 0.15) is 27.3 Å². The Kier molecular flexibility index (Phi) is 12.4. The summed E-state index contributed by atoms with van der Waals surface area (Å²) in [5, 5.41) is 13.2. The normalized spacial score (nSPS) is 14.5. The number of hydrogen-bond acceptors (Lipinski definition) is 6. The van der Waals surface area contributed by atoms with Gasteiger partial charge >= 0.3 is 10.1 Å². The second-order valence-corrected chi connectivity index (χ2v) is 19.6. The van der Waals surface area contributed by atoms with Crippen LogP contribution in [0.1, 0.15) is 85.0 Å². The highest BCUT2D eigenvalue weighted by atomic mass is 35.5. The fourth-order valence-electron chi connectivity index (χ4n) is 7.74. The maximum atomic E-state index is 16.1. The molecule has 1 N–H and O–H groups in total. The second kappa shape index (κ2) is 17.3. The number of hydrogen-bond donors (Lipinski definition) is 1. The number of thiophene rings is 2. The van der Waals surface area contributed by atoms with E-state index in [0.29, 0.717) is 91.8 Å². The van der Waals surface area contributed by atoms with Crippen LogP contribution in [0.4, 0.5) is 8.78 Å². The molecule has 2 aliphatic carbocycles. The van der Waals surface area contributed by atoms with Crippen LogP contribution in [-0.2, 0) is 35.8 Å². The molecule has 0 saturated heterocycles. The molecule has 0 radical (unpaired) electrons. The molecule has 7 nitrogen and oxygen atoms in total. The van der Waals surface area contributed by atoms with E-state index in [2.05, 4.69) is 11.4 Å². The summed E-state index contributed by atoms with van der Waals surface area (Å²) in [5.74, 6) is -0.833. The molecule has 0 unspecified atom stereocenters. The maximum absolute atomic E-state index is 16.1. The first-order chi connectivity index (χ1) is 27.9. The number of rotatable bonds is 12. The van der Waals surface area contributed by atoms with E-state index >= 15 is 8.78 Å². The highest BCUT2D eigenvalue weighted by Gasteiger charge is 2.31. The van der Waals surface area contributed by atoms with Crippen molar-refractivity contribution >= 4 is 90.8 Å². The zero-order valence-corrected chi connectivity index (χ0v) is 36.4. The van der Waals surface area contributed by atoms with Gasteiger partial charge in [-0.05, 0) is 141 Å². The van der Waals surface area contributed by atoms with Gasteiger partial charge in [0.25, 0.3) is 0 Å². The van der Waals surface area contributed by atoms with Gasteiger partial charge in [0.05, 0.1) is 42.6 Å². The lowest BCUT2D eigenvalue weighted by atomic mass is 10.0. The van der Waals surface area contributed by atoms with E-state index < -0.39 is 15.9 Å². The summed E-state index contributed by atoms with van der Waals surface area (Å²) in [6, 6.07) is 13.7. The van der Waals surface area contributed by atoms with E-state index in [1.54, 1.807) is 57.1 Å². The Morgan fingerprint density at radius 2 is 1.22 bits per heavy atom. The van der Waals surface area contributed by atoms with Gasteiger partial charge in [-0.25, -0.2) is 18.1 Å². The number of allylic oxidation sites excluding steroid dienone is 2. The van der Waals surface area contributed by atoms with Crippen molar-refractivity contribution in [3.05, 3.63) is 120 Å². The quantitative estimate of drug-likeness (QED) is 0.0975. The number of halogens is 6. The van der Waals surface area contributed by atoms with Crippen molar-refractivity contribution < 1.29 is 21.8 Å². The largest absolute Gasteiger partial charge is 0.304 e. The number of nitrogens with zero attached hydrogens (tertiary/aromatic N) is 4. The summed E-state index contributed by atoms with van der Waals surface area (Å²) in [5.41, 5.74) is 6.53. The molecule has 8 rings (SSSR count). The highest BCUT2D eigenvalue weighted by molar-refractivity contribution is 7.88. The van der Waals surface area contributed by atoms with Crippen LogP contribution in [0.3, 0.4) is 0 Å². The van der Waals surface area contributed by atoms with Gasteiger partial charge in [-0.1, -0.05) is 59.2 Å². The zero-order chi connectivity index (χ0) is 40.7. The molecule has 0 aliphatic heterocycles. The minimum absolute atomic E-state index is 0.172. The summed E-state index contributed by atoms with van der Waals surface area (Å²) in [7, 11) is -4.45. The molecule has 302 valence electrons. The molecule has 4 heterocycles. The van der Waals surface area contributed by atoms with E-state index in [1.807, 2.05) is 6.07 Å². The van der Waals surface area contributed by atoms with Gasteiger partial charge in [0.2, 0.25) is 0 Å². The molecule has 4 aromatic heterocycles. The number of fused-ring (bicyclic) bond motifs is 6. The predicted molar refractivity (Wildman–Crippen MR) is 234 cm³/mol. The van der Waals surface area contributed by atoms with Crippen molar-refractivity contribution in [1.29, 1.82) is 0 Å². The van der Waals surface area contributed by atoms with Crippen molar-refractivity contribution in [2.75, 3.05) is 0 Å². The average molecular weight is 921 g/mol. The molecule has 0 atom stereocenters. The maximum Gasteiger partial charge on any atom is 0.304 e. The van der Waals surface area contributed by atoms with Gasteiger partial charge < -0.3 is 0 Å². The average Bonchev–Trinajstić information content (AvgIpc) is 3.94. The van der Waals surface area contributed by atoms with Crippen molar-refractivity contribution in [2.24, 2.45) is 0 Å². The Morgan fingerprint density at radius 1 is 0.707 bits per heavy atom. The van der Waals surface area contributed by atoms with Crippen LogP contribution >= 0.6 is 69.1 Å². The monoisotopic (exact) mass is 918 g/mol. The Labute approximate surface area is 363 Å². The molecule has 0 spiro atoms. The lowest BCUT2D eigenvalue weighted by molar-refractivity contribution is 0.485. The molecule has 2 aliphatic rings. The number of aryl methyl sites for hydroxylation is 2. The molecule has 0 saturated carbocycles. The molecule has 16 heteroatoms. The van der Waals surface area contributed by atoms with E-state index in [9.17, 15) is 13.0 Å². The van der Waals surface area contributed by atoms with Gasteiger partial charge in [0, 0.05) is 21.2 Å². The van der Waals surface area contributed by atoms with Crippen LogP contribution in [0.5, 0.6) is 0 Å². The fourth-order valence-corrected chi connectivity index (χ4v) is 11.7. The first-order valence-corrected chi connectivity index (χ1v) is 23.6. The third kappa shape index (κ3) is 8.36. The standard InChI is InChI=1S/C42H36Cl4F2N4O3S3/c43-26-15-17-34(30(45)22-26)51-39-28(11-7-9-24-19-20-56-41(24)39)37(49-51)32(47)13-5-3-1-2-4-6-14-33(48)38-29-12-8-10-25-21-36(58(53,54)55)57-42(25)40(29)52(50-38)35-18-16-27(44)23-31(35)46/h13-23H,1-12H2,(H,53,54,55). The van der Waals surface area contributed by atoms with Crippen LogP contribution in [0, 0.1) is 0 Å². The lowest BCUT2D eigenvalue weighted by Crippen LogP contribution is -2.00. The fraction of sp³-hybridized carbons (Fsp3) is 0.286. The number of unbranched alkanes of at least 4 members (excludes halogenated alkanes) is 5. The highest BCUT2D eigenvalue weighted by Crippen LogP contribution is 2.45. The Hall–Kier alpha value is -3.33. The van der Waals surface area contributed by atoms with Crippen LogP contribution in [0.15, 0.2) is 70.3 Å². The van der Waals surface area contributed by atoms with E-state index in [0.717, 1.165) is 71.6 Å². The smallest absolute Gasteiger partial charge is 0.281 e. The molecule has 0 amide bonds. The van der Waals surface area contributed by atoms with Crippen LogP contribution in [0.25, 0.3) is 44.2 Å². The summed E-state index contributed by atoms with van der Waals surface area (Å²) in [6.45, 7) is 0. The minimum atomic E-state index is -4.45. The third-order valence-electron chi connectivity index (χ3n) is 10.5. The molecule has 0 bridgehead atoms. The van der Waals surface area contributed by atoms with Gasteiger partial charge in [0.15, 0.2) is 0 Å². The first kappa shape index (κ1) is 41.4. The van der Waals surface area contributed by atoms with E-state index in [-0.39, 0.29) is 15.7 Å². The third-order valence-corrected chi connectivity index (χ3v) is 15.0. The Morgan fingerprint density at radius 3 is 1.74 bits per heavy atom. The first-order valence-electron chi connectivity index (χ1n) is 18.9. The lowest BCUT2D eigenvalue weighted by Gasteiger charge is -2.10. The number of aromatic nitrogens is 4. The topological polar surface area (TPSA) is 90.0 Å². The summed E-state index contributed by atoms with van der Waals surface area (Å²) >= 11 is 28.2. The molecule has 0 fully saturated rings. The van der Waals surface area contributed by atoms with Gasteiger partial charge in [-0.2, -0.15) is 18.6 Å². The molecular formula is C42H36Cl4F2N4O3S3. The van der Waals surface area contributed by atoms with Gasteiger partial charge in [-0.3, -0.25) is 4.55 Å². The van der Waals surface area contributed by atoms with E-state index in [4.69, 9.17) is 56.6 Å². The van der Waals surface area contributed by atoms with Crippen LogP contribution < -0.4 is 0 Å². The Bertz CT molecular complexity index is 2720. The SMILES string of the molecule is O=S(=O)(O)c1cc2c(s1)-c1c(c(C(F)=CCCCCCCC=C(F)c3nn(-c4ccc(Cl)cc4Cl)c4c3CCCc3ccsc3-4)nn1-c1ccc(Cl)cc1Cl)CCC2. The molecular weight excluding hydrogens is 884 g/mol. The minimum Gasteiger partial charge on any atom is -0.281 e. The zero-order valence-electron chi connectivity index (χ0n) is 30.9. The molecule has 2 aromatic carbocycles. The second-order valence-electron chi connectivity index (χ2n) is 14.3. The van der Waals surface area contributed by atoms with Gasteiger partial charge in [-0.15, -0.1) is 22.7 Å².